The number of esters is 2. The summed E-state index contributed by atoms with van der Waals surface area (Å²) in [6.45, 7) is 2.01. The molecule has 5 heteroatoms. The van der Waals surface area contributed by atoms with E-state index in [9.17, 15) is 9.59 Å². The molecule has 0 heterocycles. The van der Waals surface area contributed by atoms with Crippen molar-refractivity contribution in [2.45, 2.75) is 6.92 Å². The van der Waals surface area contributed by atoms with Crippen LogP contribution in [0.3, 0.4) is 0 Å². The number of ether oxygens (including phenoxy) is 2. The third-order valence-electron chi connectivity index (χ3n) is 2.64. The highest BCUT2D eigenvalue weighted by Crippen LogP contribution is 2.17. The average Bonchev–Trinajstić information content (AvgIpc) is 2.48. The lowest BCUT2D eigenvalue weighted by Crippen LogP contribution is -2.09. The molecule has 0 fully saturated rings. The zero-order valence-corrected chi connectivity index (χ0v) is 12.1. The Labute approximate surface area is 127 Å². The normalized spacial score (nSPS) is 10.0. The third-order valence-corrected chi connectivity index (χ3v) is 2.89. The van der Waals surface area contributed by atoms with Gasteiger partial charge in [-0.3, -0.25) is 0 Å². The fourth-order valence-corrected chi connectivity index (χ4v) is 1.78. The second-order valence-electron chi connectivity index (χ2n) is 4.14. The van der Waals surface area contributed by atoms with Gasteiger partial charge < -0.3 is 9.47 Å². The maximum absolute atomic E-state index is 12.0. The number of carbonyl (C=O) groups is 2. The highest BCUT2D eigenvalue weighted by molar-refractivity contribution is 6.30. The van der Waals surface area contributed by atoms with E-state index in [2.05, 4.69) is 0 Å². The van der Waals surface area contributed by atoms with E-state index >= 15 is 0 Å². The minimum Gasteiger partial charge on any atom is -0.462 e. The predicted octanol–water partition coefficient (Wildman–Crippen LogP) is 3.74. The van der Waals surface area contributed by atoms with Crippen LogP contribution in [0.15, 0.2) is 48.5 Å². The number of hydrogen-bond donors (Lipinski definition) is 0. The van der Waals surface area contributed by atoms with Gasteiger partial charge in [0.2, 0.25) is 0 Å². The Morgan fingerprint density at radius 2 is 1.71 bits per heavy atom. The summed E-state index contributed by atoms with van der Waals surface area (Å²) in [6.07, 6.45) is 0. The molecule has 0 N–H and O–H groups in total. The van der Waals surface area contributed by atoms with Crippen LogP contribution < -0.4 is 4.74 Å². The van der Waals surface area contributed by atoms with Crippen LogP contribution in [0.4, 0.5) is 0 Å². The second kappa shape index (κ2) is 6.90. The molecule has 2 aromatic carbocycles. The predicted molar refractivity (Wildman–Crippen MR) is 78.8 cm³/mol. The first kappa shape index (κ1) is 15.1. The van der Waals surface area contributed by atoms with E-state index in [1.165, 1.54) is 6.07 Å². The van der Waals surface area contributed by atoms with Crippen molar-refractivity contribution in [2.24, 2.45) is 0 Å². The monoisotopic (exact) mass is 304 g/mol. The molecule has 0 amide bonds. The van der Waals surface area contributed by atoms with Crippen molar-refractivity contribution in [3.8, 4) is 5.75 Å². The zero-order chi connectivity index (χ0) is 15.2. The lowest BCUT2D eigenvalue weighted by molar-refractivity contribution is 0.0524. The minimum absolute atomic E-state index is 0.278. The van der Waals surface area contributed by atoms with Crippen LogP contribution in [0.1, 0.15) is 27.6 Å². The van der Waals surface area contributed by atoms with Crippen LogP contribution in [-0.2, 0) is 4.74 Å². The van der Waals surface area contributed by atoms with Crippen molar-refractivity contribution in [2.75, 3.05) is 6.61 Å². The molecule has 0 bridgehead atoms. The molecule has 2 aromatic rings. The SMILES string of the molecule is CCOC(=O)c1cccc(OC(=O)c2ccc(Cl)cc2)c1. The van der Waals surface area contributed by atoms with Crippen LogP contribution in [0.5, 0.6) is 5.75 Å². The Hall–Kier alpha value is -2.33. The van der Waals surface area contributed by atoms with E-state index in [-0.39, 0.29) is 12.4 Å². The summed E-state index contributed by atoms with van der Waals surface area (Å²) in [5, 5.41) is 0.538. The standard InChI is InChI=1S/C16H13ClO4/c1-2-20-15(18)12-4-3-5-14(10-12)21-16(19)11-6-8-13(17)9-7-11/h3-10H,2H2,1H3. The topological polar surface area (TPSA) is 52.6 Å². The minimum atomic E-state index is -0.521. The number of hydrogen-bond acceptors (Lipinski definition) is 4. The van der Waals surface area contributed by atoms with Crippen molar-refractivity contribution >= 4 is 23.5 Å². The number of carbonyl (C=O) groups excluding carboxylic acids is 2. The molecule has 0 aliphatic carbocycles. The fourth-order valence-electron chi connectivity index (χ4n) is 1.65. The van der Waals surface area contributed by atoms with Gasteiger partial charge in [-0.15, -0.1) is 0 Å². The van der Waals surface area contributed by atoms with E-state index in [1.54, 1.807) is 49.4 Å². The zero-order valence-electron chi connectivity index (χ0n) is 11.3. The Bertz CT molecular complexity index is 650. The number of benzene rings is 2. The van der Waals surface area contributed by atoms with Gasteiger partial charge in [-0.1, -0.05) is 17.7 Å². The molecule has 21 heavy (non-hydrogen) atoms. The quantitative estimate of drug-likeness (QED) is 0.638. The highest BCUT2D eigenvalue weighted by Gasteiger charge is 2.11. The molecule has 2 rings (SSSR count). The summed E-state index contributed by atoms with van der Waals surface area (Å²) in [7, 11) is 0. The summed E-state index contributed by atoms with van der Waals surface area (Å²) in [5.41, 5.74) is 0.708. The fraction of sp³-hybridized carbons (Fsp3) is 0.125. The van der Waals surface area contributed by atoms with Gasteiger partial charge in [0.1, 0.15) is 5.75 Å². The van der Waals surface area contributed by atoms with Crippen LogP contribution in [0, 0.1) is 0 Å². The first-order valence-corrected chi connectivity index (χ1v) is 6.73. The first-order valence-electron chi connectivity index (χ1n) is 6.35. The van der Waals surface area contributed by atoms with Gasteiger partial charge in [0.25, 0.3) is 0 Å². The molecule has 0 aromatic heterocycles. The molecule has 0 aliphatic rings. The lowest BCUT2D eigenvalue weighted by Gasteiger charge is -2.06. The van der Waals surface area contributed by atoms with Crippen molar-refractivity contribution < 1.29 is 19.1 Å². The summed E-state index contributed by atoms with van der Waals surface area (Å²) in [4.78, 5) is 23.6. The smallest absolute Gasteiger partial charge is 0.343 e. The van der Waals surface area contributed by atoms with E-state index in [0.717, 1.165) is 0 Å². The largest absolute Gasteiger partial charge is 0.462 e. The Morgan fingerprint density at radius 1 is 1.00 bits per heavy atom. The van der Waals surface area contributed by atoms with E-state index < -0.39 is 11.9 Å². The average molecular weight is 305 g/mol. The molecule has 0 aliphatic heterocycles. The molecular formula is C16H13ClO4. The summed E-state index contributed by atoms with van der Waals surface area (Å²) < 4.78 is 10.1. The van der Waals surface area contributed by atoms with Gasteiger partial charge in [-0.25, -0.2) is 9.59 Å². The molecule has 0 saturated carbocycles. The van der Waals surface area contributed by atoms with Gasteiger partial charge in [0.05, 0.1) is 17.7 Å². The van der Waals surface area contributed by atoms with Crippen molar-refractivity contribution in [3.05, 3.63) is 64.7 Å². The molecule has 108 valence electrons. The Kier molecular flexibility index (Phi) is 4.95. The molecule has 0 unspecified atom stereocenters. The Morgan fingerprint density at radius 3 is 2.38 bits per heavy atom. The molecule has 0 saturated heterocycles. The molecule has 0 radical (unpaired) electrons. The summed E-state index contributed by atoms with van der Waals surface area (Å²) in [6, 6.07) is 12.6. The van der Waals surface area contributed by atoms with Crippen molar-refractivity contribution in [3.63, 3.8) is 0 Å². The van der Waals surface area contributed by atoms with E-state index in [4.69, 9.17) is 21.1 Å². The maximum Gasteiger partial charge on any atom is 0.343 e. The molecule has 4 nitrogen and oxygen atoms in total. The number of rotatable bonds is 4. The van der Waals surface area contributed by atoms with Gasteiger partial charge in [0, 0.05) is 5.02 Å². The van der Waals surface area contributed by atoms with Crippen LogP contribution in [-0.4, -0.2) is 18.5 Å². The van der Waals surface area contributed by atoms with Crippen molar-refractivity contribution in [1.29, 1.82) is 0 Å². The molecule has 0 atom stereocenters. The van der Waals surface area contributed by atoms with Crippen molar-refractivity contribution in [1.82, 2.24) is 0 Å². The molecule has 0 spiro atoms. The van der Waals surface area contributed by atoms with E-state index in [1.807, 2.05) is 0 Å². The van der Waals surface area contributed by atoms with Gasteiger partial charge >= 0.3 is 11.9 Å². The highest BCUT2D eigenvalue weighted by atomic mass is 35.5. The van der Waals surface area contributed by atoms with Crippen LogP contribution >= 0.6 is 11.6 Å². The van der Waals surface area contributed by atoms with Gasteiger partial charge in [-0.05, 0) is 49.4 Å². The first-order chi connectivity index (χ1) is 10.1. The second-order valence-corrected chi connectivity index (χ2v) is 4.58. The van der Waals surface area contributed by atoms with Gasteiger partial charge in [-0.2, -0.15) is 0 Å². The van der Waals surface area contributed by atoms with Crippen LogP contribution in [0.2, 0.25) is 5.02 Å². The van der Waals surface area contributed by atoms with Gasteiger partial charge in [0.15, 0.2) is 0 Å². The maximum atomic E-state index is 12.0. The number of halogens is 1. The summed E-state index contributed by atoms with van der Waals surface area (Å²) >= 11 is 5.76. The molecular weight excluding hydrogens is 292 g/mol. The van der Waals surface area contributed by atoms with E-state index in [0.29, 0.717) is 16.1 Å². The lowest BCUT2D eigenvalue weighted by atomic mass is 10.2. The Balaban J connectivity index is 2.12. The third kappa shape index (κ3) is 4.07. The summed E-state index contributed by atoms with van der Waals surface area (Å²) in [5.74, 6) is -0.699. The van der Waals surface area contributed by atoms with Crippen LogP contribution in [0.25, 0.3) is 0 Å².